The maximum absolute atomic E-state index is 13.6. The van der Waals surface area contributed by atoms with Crippen molar-refractivity contribution in [3.05, 3.63) is 29.6 Å². The van der Waals surface area contributed by atoms with E-state index in [1.807, 2.05) is 6.07 Å². The van der Waals surface area contributed by atoms with Gasteiger partial charge in [0.15, 0.2) is 6.29 Å². The van der Waals surface area contributed by atoms with E-state index in [4.69, 9.17) is 0 Å². The molecule has 1 aromatic carbocycles. The van der Waals surface area contributed by atoms with E-state index < -0.39 is 5.82 Å². The van der Waals surface area contributed by atoms with Crippen molar-refractivity contribution in [2.45, 2.75) is 25.9 Å². The van der Waals surface area contributed by atoms with Crippen molar-refractivity contribution in [2.75, 3.05) is 25.0 Å². The van der Waals surface area contributed by atoms with Crippen LogP contribution in [0.4, 0.5) is 10.1 Å². The van der Waals surface area contributed by atoms with E-state index >= 15 is 0 Å². The molecule has 0 aliphatic carbocycles. The van der Waals surface area contributed by atoms with Gasteiger partial charge < -0.3 is 4.90 Å². The van der Waals surface area contributed by atoms with Crippen LogP contribution in [0.15, 0.2) is 18.2 Å². The topological polar surface area (TPSA) is 23.6 Å². The lowest BCUT2D eigenvalue weighted by molar-refractivity contribution is 0.111. The highest BCUT2D eigenvalue weighted by atomic mass is 19.1. The molecule has 0 aromatic heterocycles. The highest BCUT2D eigenvalue weighted by Gasteiger charge is 2.28. The number of carbonyl (C=O) groups is 1. The summed E-state index contributed by atoms with van der Waals surface area (Å²) in [4.78, 5) is 15.4. The molecular formula is C14H19FN2O. The van der Waals surface area contributed by atoms with Crippen LogP contribution in [0.5, 0.6) is 0 Å². The molecule has 18 heavy (non-hydrogen) atoms. The second kappa shape index (κ2) is 5.06. The number of rotatable bonds is 2. The smallest absolute Gasteiger partial charge is 0.155 e. The minimum absolute atomic E-state index is 0.168. The van der Waals surface area contributed by atoms with Crippen molar-refractivity contribution >= 4 is 12.0 Å². The van der Waals surface area contributed by atoms with E-state index in [-0.39, 0.29) is 5.56 Å². The third-order valence-electron chi connectivity index (χ3n) is 3.85. The minimum Gasteiger partial charge on any atom is -0.368 e. The van der Waals surface area contributed by atoms with Crippen LogP contribution in [0.3, 0.4) is 0 Å². The van der Waals surface area contributed by atoms with Gasteiger partial charge in [0, 0.05) is 25.2 Å². The molecule has 1 aliphatic heterocycles. The molecule has 98 valence electrons. The van der Waals surface area contributed by atoms with Crippen molar-refractivity contribution in [3.8, 4) is 0 Å². The lowest BCUT2D eigenvalue weighted by Gasteiger charge is -2.43. The van der Waals surface area contributed by atoms with Gasteiger partial charge in [0.25, 0.3) is 0 Å². The van der Waals surface area contributed by atoms with Crippen LogP contribution < -0.4 is 4.90 Å². The molecule has 1 heterocycles. The van der Waals surface area contributed by atoms with Crippen LogP contribution in [0.1, 0.15) is 24.2 Å². The molecule has 2 unspecified atom stereocenters. The van der Waals surface area contributed by atoms with Crippen molar-refractivity contribution in [1.82, 2.24) is 4.90 Å². The molecule has 1 fully saturated rings. The van der Waals surface area contributed by atoms with Crippen molar-refractivity contribution in [2.24, 2.45) is 0 Å². The number of piperazine rings is 1. The summed E-state index contributed by atoms with van der Waals surface area (Å²) in [6, 6.07) is 5.58. The number of hydrogen-bond acceptors (Lipinski definition) is 3. The van der Waals surface area contributed by atoms with E-state index in [1.165, 1.54) is 6.07 Å². The van der Waals surface area contributed by atoms with Crippen molar-refractivity contribution in [1.29, 1.82) is 0 Å². The summed E-state index contributed by atoms with van der Waals surface area (Å²) in [7, 11) is 2.10. The zero-order chi connectivity index (χ0) is 13.3. The number of likely N-dealkylation sites (N-methyl/N-ethyl adjacent to an activating group) is 1. The molecule has 1 aliphatic rings. The first kappa shape index (κ1) is 13.0. The zero-order valence-electron chi connectivity index (χ0n) is 11.1. The fraction of sp³-hybridized carbons (Fsp3) is 0.500. The van der Waals surface area contributed by atoms with E-state index in [0.717, 1.165) is 13.1 Å². The Morgan fingerprint density at radius 2 is 1.89 bits per heavy atom. The van der Waals surface area contributed by atoms with Gasteiger partial charge >= 0.3 is 0 Å². The average Bonchev–Trinajstić information content (AvgIpc) is 2.35. The maximum atomic E-state index is 13.6. The molecule has 0 spiro atoms. The van der Waals surface area contributed by atoms with Gasteiger partial charge in [-0.3, -0.25) is 9.69 Å². The SMILES string of the molecule is CC1CN(c2cccc(F)c2C=O)CC(C)N1C. The molecule has 2 rings (SSSR count). The summed E-state index contributed by atoms with van der Waals surface area (Å²) in [5.74, 6) is -0.443. The molecule has 0 bridgehead atoms. The Labute approximate surface area is 107 Å². The van der Waals surface area contributed by atoms with Gasteiger partial charge in [-0.25, -0.2) is 4.39 Å². The van der Waals surface area contributed by atoms with Crippen LogP contribution in [0.2, 0.25) is 0 Å². The Morgan fingerprint density at radius 3 is 2.44 bits per heavy atom. The first-order valence-corrected chi connectivity index (χ1v) is 6.25. The Bertz CT molecular complexity index is 437. The highest BCUT2D eigenvalue weighted by molar-refractivity contribution is 5.85. The van der Waals surface area contributed by atoms with Crippen LogP contribution in [0.25, 0.3) is 0 Å². The fourth-order valence-electron chi connectivity index (χ4n) is 2.52. The molecule has 0 radical (unpaired) electrons. The largest absolute Gasteiger partial charge is 0.368 e. The third kappa shape index (κ3) is 2.25. The van der Waals surface area contributed by atoms with Crippen LogP contribution in [-0.2, 0) is 0 Å². The average molecular weight is 250 g/mol. The summed E-state index contributed by atoms with van der Waals surface area (Å²) in [6.45, 7) is 5.90. The molecular weight excluding hydrogens is 231 g/mol. The molecule has 4 heteroatoms. The Balaban J connectivity index is 2.32. The van der Waals surface area contributed by atoms with Gasteiger partial charge in [-0.05, 0) is 33.0 Å². The number of anilines is 1. The van der Waals surface area contributed by atoms with E-state index in [0.29, 0.717) is 24.1 Å². The Morgan fingerprint density at radius 1 is 1.28 bits per heavy atom. The first-order valence-electron chi connectivity index (χ1n) is 6.25. The van der Waals surface area contributed by atoms with E-state index in [2.05, 4.69) is 30.7 Å². The predicted octanol–water partition coefficient (Wildman–Crippen LogP) is 2.17. The molecule has 1 aromatic rings. The molecule has 0 amide bonds. The standard InChI is InChI=1S/C14H19FN2O/c1-10-7-17(8-11(2)16(10)3)14-6-4-5-13(15)12(14)9-18/h4-6,9-11H,7-8H2,1-3H3. The summed E-state index contributed by atoms with van der Waals surface area (Å²) in [5, 5.41) is 0. The number of aldehydes is 1. The van der Waals surface area contributed by atoms with Gasteiger partial charge in [-0.1, -0.05) is 6.07 Å². The van der Waals surface area contributed by atoms with Crippen molar-refractivity contribution in [3.63, 3.8) is 0 Å². The highest BCUT2D eigenvalue weighted by Crippen LogP contribution is 2.25. The van der Waals surface area contributed by atoms with Gasteiger partial charge in [0.05, 0.1) is 11.3 Å². The van der Waals surface area contributed by atoms with Crippen LogP contribution in [-0.4, -0.2) is 43.4 Å². The van der Waals surface area contributed by atoms with Gasteiger partial charge in [0.2, 0.25) is 0 Å². The lowest BCUT2D eigenvalue weighted by Crippen LogP contribution is -2.55. The van der Waals surface area contributed by atoms with Crippen molar-refractivity contribution < 1.29 is 9.18 Å². The third-order valence-corrected chi connectivity index (χ3v) is 3.85. The summed E-state index contributed by atoms with van der Waals surface area (Å²) in [6.07, 6.45) is 0.609. The quantitative estimate of drug-likeness (QED) is 0.752. The molecule has 3 nitrogen and oxygen atoms in total. The number of carbonyl (C=O) groups excluding carboxylic acids is 1. The van der Waals surface area contributed by atoms with Gasteiger partial charge in [-0.2, -0.15) is 0 Å². The zero-order valence-corrected chi connectivity index (χ0v) is 11.1. The normalized spacial score (nSPS) is 25.2. The summed E-state index contributed by atoms with van der Waals surface area (Å²) >= 11 is 0. The lowest BCUT2D eigenvalue weighted by atomic mass is 10.1. The number of nitrogens with zero attached hydrogens (tertiary/aromatic N) is 2. The fourth-order valence-corrected chi connectivity index (χ4v) is 2.52. The molecule has 0 N–H and O–H groups in total. The summed E-state index contributed by atoms with van der Waals surface area (Å²) < 4.78 is 13.6. The van der Waals surface area contributed by atoms with Crippen LogP contribution >= 0.6 is 0 Å². The van der Waals surface area contributed by atoms with Crippen LogP contribution in [0, 0.1) is 5.82 Å². The maximum Gasteiger partial charge on any atom is 0.155 e. The number of hydrogen-bond donors (Lipinski definition) is 0. The van der Waals surface area contributed by atoms with Gasteiger partial charge in [-0.15, -0.1) is 0 Å². The van der Waals surface area contributed by atoms with Gasteiger partial charge in [0.1, 0.15) is 5.82 Å². The van der Waals surface area contributed by atoms with E-state index in [1.54, 1.807) is 6.07 Å². The minimum atomic E-state index is -0.443. The number of halogens is 1. The molecule has 1 saturated heterocycles. The van der Waals surface area contributed by atoms with E-state index in [9.17, 15) is 9.18 Å². The second-order valence-corrected chi connectivity index (χ2v) is 5.06. The number of benzene rings is 1. The molecule has 2 atom stereocenters. The second-order valence-electron chi connectivity index (χ2n) is 5.06. The predicted molar refractivity (Wildman–Crippen MR) is 70.7 cm³/mol. The Kier molecular flexibility index (Phi) is 3.66. The monoisotopic (exact) mass is 250 g/mol. The summed E-state index contributed by atoms with van der Waals surface area (Å²) in [5.41, 5.74) is 0.873. The molecule has 0 saturated carbocycles. The first-order chi connectivity index (χ1) is 8.54. The Hall–Kier alpha value is -1.42.